The number of hydrogen-bond donors (Lipinski definition) is 4. The van der Waals surface area contributed by atoms with E-state index >= 15 is 0 Å². The number of ether oxygens (including phenoxy) is 2. The maximum absolute atomic E-state index is 12.1. The third-order valence-electron chi connectivity index (χ3n) is 3.79. The van der Waals surface area contributed by atoms with Crippen molar-refractivity contribution in [3.63, 3.8) is 0 Å². The minimum Gasteiger partial charge on any atom is -0.410 e. The number of aliphatic hydroxyl groups is 3. The molecular formula is C13H15ClN2O6. The van der Waals surface area contributed by atoms with Crippen molar-refractivity contribution < 1.29 is 29.6 Å². The second kappa shape index (κ2) is 5.65. The van der Waals surface area contributed by atoms with Gasteiger partial charge in [-0.1, -0.05) is 11.6 Å². The fourth-order valence-corrected chi connectivity index (χ4v) is 2.81. The maximum Gasteiger partial charge on any atom is 0.418 e. The van der Waals surface area contributed by atoms with Crippen LogP contribution in [-0.2, 0) is 4.74 Å². The molecule has 0 bridgehead atoms. The Kier molecular flexibility index (Phi) is 3.98. The van der Waals surface area contributed by atoms with Gasteiger partial charge in [-0.25, -0.2) is 4.79 Å². The molecule has 0 saturated carbocycles. The summed E-state index contributed by atoms with van der Waals surface area (Å²) in [6, 6.07) is 4.62. The molecule has 2 aliphatic rings. The molecule has 1 aromatic carbocycles. The van der Waals surface area contributed by atoms with Gasteiger partial charge in [0.1, 0.15) is 30.2 Å². The first-order valence-electron chi connectivity index (χ1n) is 6.61. The van der Waals surface area contributed by atoms with Crippen LogP contribution >= 0.6 is 11.6 Å². The number of fused-ring (bicyclic) bond motifs is 1. The van der Waals surface area contributed by atoms with E-state index in [4.69, 9.17) is 31.9 Å². The topological polar surface area (TPSA) is 125 Å². The summed E-state index contributed by atoms with van der Waals surface area (Å²) in [5, 5.41) is 29.4. The molecule has 5 atom stereocenters. The van der Waals surface area contributed by atoms with Gasteiger partial charge in [-0.3, -0.25) is 4.90 Å². The third kappa shape index (κ3) is 2.34. The van der Waals surface area contributed by atoms with E-state index in [-0.39, 0.29) is 5.75 Å². The average Bonchev–Trinajstić information content (AvgIpc) is 2.76. The molecule has 0 spiro atoms. The van der Waals surface area contributed by atoms with E-state index in [1.165, 1.54) is 6.07 Å². The van der Waals surface area contributed by atoms with Crippen molar-refractivity contribution in [1.82, 2.24) is 4.90 Å². The molecule has 8 nitrogen and oxygen atoms in total. The molecular weight excluding hydrogens is 316 g/mol. The highest BCUT2D eigenvalue weighted by molar-refractivity contribution is 6.30. The predicted octanol–water partition coefficient (Wildman–Crippen LogP) is -0.449. The molecule has 1 saturated heterocycles. The first kappa shape index (κ1) is 15.5. The SMILES string of the molecule is NC1c2cc(Cl)ccc2OC(=O)N1[C@@H]1O[C@H](CO)[C@@H](O)[C@H]1O. The number of carbonyl (C=O) groups is 1. The van der Waals surface area contributed by atoms with E-state index in [1.54, 1.807) is 12.1 Å². The van der Waals surface area contributed by atoms with E-state index in [2.05, 4.69) is 0 Å². The zero-order chi connectivity index (χ0) is 16.0. The Hall–Kier alpha value is -1.42. The van der Waals surface area contributed by atoms with Crippen LogP contribution in [0.2, 0.25) is 5.02 Å². The largest absolute Gasteiger partial charge is 0.418 e. The molecule has 1 aromatic rings. The van der Waals surface area contributed by atoms with Gasteiger partial charge in [-0.05, 0) is 18.2 Å². The van der Waals surface area contributed by atoms with Crippen LogP contribution in [-0.4, -0.2) is 57.5 Å². The van der Waals surface area contributed by atoms with Crippen LogP contribution in [0.1, 0.15) is 11.7 Å². The molecule has 2 heterocycles. The van der Waals surface area contributed by atoms with Crippen molar-refractivity contribution in [3.8, 4) is 5.75 Å². The summed E-state index contributed by atoms with van der Waals surface area (Å²) in [6.45, 7) is -0.505. The van der Waals surface area contributed by atoms with Crippen molar-refractivity contribution in [2.24, 2.45) is 5.73 Å². The molecule has 5 N–H and O–H groups in total. The lowest BCUT2D eigenvalue weighted by atomic mass is 10.1. The van der Waals surface area contributed by atoms with E-state index in [1.807, 2.05) is 0 Å². The number of benzene rings is 1. The van der Waals surface area contributed by atoms with Gasteiger partial charge in [0, 0.05) is 10.6 Å². The van der Waals surface area contributed by atoms with Gasteiger partial charge >= 0.3 is 6.09 Å². The van der Waals surface area contributed by atoms with Gasteiger partial charge in [0.15, 0.2) is 6.23 Å². The van der Waals surface area contributed by atoms with Gasteiger partial charge in [0.05, 0.1) is 6.61 Å². The summed E-state index contributed by atoms with van der Waals surface area (Å²) in [6.07, 6.45) is -6.80. The van der Waals surface area contributed by atoms with Crippen LogP contribution in [0.3, 0.4) is 0 Å². The summed E-state index contributed by atoms with van der Waals surface area (Å²) in [7, 11) is 0. The number of amides is 1. The number of nitrogens with two attached hydrogens (primary N) is 1. The molecule has 0 aliphatic carbocycles. The highest BCUT2D eigenvalue weighted by Gasteiger charge is 2.50. The summed E-state index contributed by atoms with van der Waals surface area (Å²) in [5.41, 5.74) is 6.50. The van der Waals surface area contributed by atoms with Crippen LogP contribution in [0.4, 0.5) is 4.79 Å². The van der Waals surface area contributed by atoms with E-state index in [0.29, 0.717) is 10.6 Å². The van der Waals surface area contributed by atoms with Crippen LogP contribution < -0.4 is 10.5 Å². The predicted molar refractivity (Wildman–Crippen MR) is 74.0 cm³/mol. The number of carbonyl (C=O) groups excluding carboxylic acids is 1. The Balaban J connectivity index is 1.93. The first-order valence-corrected chi connectivity index (χ1v) is 6.99. The normalized spacial score (nSPS) is 34.5. The summed E-state index contributed by atoms with van der Waals surface area (Å²) in [5.74, 6) is 0.268. The Morgan fingerprint density at radius 3 is 2.68 bits per heavy atom. The monoisotopic (exact) mass is 330 g/mol. The molecule has 9 heteroatoms. The van der Waals surface area contributed by atoms with Gasteiger partial charge in [-0.15, -0.1) is 0 Å². The molecule has 2 aliphatic heterocycles. The Morgan fingerprint density at radius 2 is 2.05 bits per heavy atom. The molecule has 3 rings (SSSR count). The smallest absolute Gasteiger partial charge is 0.410 e. The molecule has 22 heavy (non-hydrogen) atoms. The fraction of sp³-hybridized carbons (Fsp3) is 0.462. The van der Waals surface area contributed by atoms with Crippen LogP contribution in [0.5, 0.6) is 5.75 Å². The molecule has 1 fully saturated rings. The van der Waals surface area contributed by atoms with Crippen LogP contribution in [0.15, 0.2) is 18.2 Å². The average molecular weight is 331 g/mol. The third-order valence-corrected chi connectivity index (χ3v) is 4.02. The molecule has 0 radical (unpaired) electrons. The lowest BCUT2D eigenvalue weighted by Crippen LogP contribution is -2.54. The second-order valence-electron chi connectivity index (χ2n) is 5.13. The quantitative estimate of drug-likeness (QED) is 0.578. The minimum absolute atomic E-state index is 0.268. The second-order valence-corrected chi connectivity index (χ2v) is 5.57. The first-order chi connectivity index (χ1) is 10.4. The van der Waals surface area contributed by atoms with Crippen LogP contribution in [0.25, 0.3) is 0 Å². The number of nitrogens with zero attached hydrogens (tertiary/aromatic N) is 1. The molecule has 1 amide bonds. The highest BCUT2D eigenvalue weighted by Crippen LogP contribution is 2.37. The standard InChI is InChI=1S/C13H15ClN2O6/c14-5-1-2-7-6(3-5)11(15)16(13(20)22-7)12-10(19)9(18)8(4-17)21-12/h1-3,8-12,17-19H,4,15H2/t8-,9-,10-,11?,12-/m1/s1. The van der Waals surface area contributed by atoms with E-state index in [9.17, 15) is 15.0 Å². The summed E-state index contributed by atoms with van der Waals surface area (Å²) >= 11 is 5.91. The number of halogens is 1. The molecule has 120 valence electrons. The zero-order valence-corrected chi connectivity index (χ0v) is 12.1. The van der Waals surface area contributed by atoms with Crippen molar-refractivity contribution in [1.29, 1.82) is 0 Å². The van der Waals surface area contributed by atoms with Gasteiger partial charge in [0.2, 0.25) is 0 Å². The van der Waals surface area contributed by atoms with Crippen molar-refractivity contribution >= 4 is 17.7 Å². The van der Waals surface area contributed by atoms with Crippen LogP contribution in [0, 0.1) is 0 Å². The number of aliphatic hydroxyl groups excluding tert-OH is 3. The van der Waals surface area contributed by atoms with Gasteiger partial charge in [0.25, 0.3) is 0 Å². The Bertz CT molecular complexity index is 600. The van der Waals surface area contributed by atoms with Crippen molar-refractivity contribution in [2.45, 2.75) is 30.7 Å². The minimum atomic E-state index is -1.42. The Morgan fingerprint density at radius 1 is 1.32 bits per heavy atom. The summed E-state index contributed by atoms with van der Waals surface area (Å²) in [4.78, 5) is 13.1. The van der Waals surface area contributed by atoms with Crippen molar-refractivity contribution in [2.75, 3.05) is 6.61 Å². The lowest BCUT2D eigenvalue weighted by Gasteiger charge is -2.38. The van der Waals surface area contributed by atoms with E-state index < -0.39 is 43.4 Å². The Labute approximate surface area is 130 Å². The maximum atomic E-state index is 12.1. The highest BCUT2D eigenvalue weighted by atomic mass is 35.5. The van der Waals surface area contributed by atoms with Gasteiger partial charge in [-0.2, -0.15) is 0 Å². The lowest BCUT2D eigenvalue weighted by molar-refractivity contribution is -0.102. The zero-order valence-electron chi connectivity index (χ0n) is 11.3. The number of hydrogen-bond acceptors (Lipinski definition) is 7. The van der Waals surface area contributed by atoms with Gasteiger partial charge < -0.3 is 30.5 Å². The molecule has 0 aromatic heterocycles. The fourth-order valence-electron chi connectivity index (χ4n) is 2.63. The molecule has 1 unspecified atom stereocenters. The van der Waals surface area contributed by atoms with Crippen molar-refractivity contribution in [3.05, 3.63) is 28.8 Å². The number of rotatable bonds is 2. The van der Waals surface area contributed by atoms with E-state index in [0.717, 1.165) is 4.90 Å². The summed E-state index contributed by atoms with van der Waals surface area (Å²) < 4.78 is 10.5.